The van der Waals surface area contributed by atoms with Crippen molar-refractivity contribution in [2.75, 3.05) is 24.3 Å². The highest BCUT2D eigenvalue weighted by molar-refractivity contribution is 6.30. The Bertz CT molecular complexity index is 1270. The number of halogens is 1. The lowest BCUT2D eigenvalue weighted by atomic mass is 9.84. The van der Waals surface area contributed by atoms with Crippen molar-refractivity contribution in [3.63, 3.8) is 0 Å². The molecule has 0 radical (unpaired) electrons. The predicted octanol–water partition coefficient (Wildman–Crippen LogP) is 4.24. The molecule has 1 aromatic carbocycles. The summed E-state index contributed by atoms with van der Waals surface area (Å²) in [7, 11) is 1.79. The normalized spacial score (nSPS) is 17.6. The smallest absolute Gasteiger partial charge is 0.294 e. The highest BCUT2D eigenvalue weighted by atomic mass is 35.5. The van der Waals surface area contributed by atoms with Gasteiger partial charge in [0.1, 0.15) is 17.1 Å². The Kier molecular flexibility index (Phi) is 7.91. The van der Waals surface area contributed by atoms with Gasteiger partial charge in [-0.1, -0.05) is 17.7 Å². The second-order valence-corrected chi connectivity index (χ2v) is 9.49. The zero-order chi connectivity index (χ0) is 25.8. The van der Waals surface area contributed by atoms with E-state index >= 15 is 0 Å². The molecule has 0 spiro atoms. The number of furan rings is 1. The third kappa shape index (κ3) is 5.68. The standard InChI is InChI=1S/C26H29ClN4O5/c1-15(33)31(2)19-7-4-17(5-8-19)25(34)30-23-20-13-16(11-12-32)3-9-21(20)36-24(23)26(35)29-22-10-6-18(27)14-28-22/h3,6,9-10,13-14,17,19,32H,4-5,7-8,11-12H2,1-2H3,(H,30,34)(H,28,29,35)/t17-,19-. The average Bonchev–Trinajstić information content (AvgIpc) is 3.23. The molecule has 0 bridgehead atoms. The summed E-state index contributed by atoms with van der Waals surface area (Å²) >= 11 is 5.88. The van der Waals surface area contributed by atoms with E-state index < -0.39 is 5.91 Å². The number of anilines is 2. The summed E-state index contributed by atoms with van der Waals surface area (Å²) in [5.41, 5.74) is 1.57. The van der Waals surface area contributed by atoms with E-state index in [0.29, 0.717) is 35.3 Å². The van der Waals surface area contributed by atoms with Crippen molar-refractivity contribution < 1.29 is 23.9 Å². The minimum absolute atomic E-state index is 0.0114. The molecule has 3 amide bonds. The third-order valence-electron chi connectivity index (χ3n) is 6.69. The molecule has 1 aliphatic carbocycles. The number of carbonyl (C=O) groups is 3. The molecule has 1 saturated carbocycles. The number of nitrogens with zero attached hydrogens (tertiary/aromatic N) is 2. The molecule has 4 rings (SSSR count). The van der Waals surface area contributed by atoms with Crippen LogP contribution in [0.5, 0.6) is 0 Å². The molecule has 0 atom stereocenters. The van der Waals surface area contributed by atoms with E-state index in [1.807, 2.05) is 6.07 Å². The Morgan fingerprint density at radius 2 is 1.89 bits per heavy atom. The number of nitrogens with one attached hydrogen (secondary N) is 2. The summed E-state index contributed by atoms with van der Waals surface area (Å²) in [4.78, 5) is 43.9. The second kappa shape index (κ2) is 11.1. The van der Waals surface area contributed by atoms with Crippen LogP contribution in [0, 0.1) is 5.92 Å². The van der Waals surface area contributed by atoms with E-state index in [0.717, 1.165) is 18.4 Å². The quantitative estimate of drug-likeness (QED) is 0.435. The number of aliphatic hydroxyl groups is 1. The first-order valence-electron chi connectivity index (χ1n) is 11.9. The van der Waals surface area contributed by atoms with E-state index in [-0.39, 0.29) is 47.6 Å². The lowest BCUT2D eigenvalue weighted by Gasteiger charge is -2.33. The van der Waals surface area contributed by atoms with Crippen LogP contribution in [0.25, 0.3) is 11.0 Å². The number of fused-ring (bicyclic) bond motifs is 1. The lowest BCUT2D eigenvalue weighted by molar-refractivity contribution is -0.130. The van der Waals surface area contributed by atoms with Gasteiger partial charge in [0.15, 0.2) is 0 Å². The maximum atomic E-state index is 13.3. The maximum Gasteiger partial charge on any atom is 0.294 e. The van der Waals surface area contributed by atoms with Gasteiger partial charge in [0.2, 0.25) is 17.6 Å². The zero-order valence-corrected chi connectivity index (χ0v) is 21.0. The molecule has 0 saturated heterocycles. The minimum Gasteiger partial charge on any atom is -0.449 e. The summed E-state index contributed by atoms with van der Waals surface area (Å²) in [6.07, 6.45) is 4.58. The van der Waals surface area contributed by atoms with Gasteiger partial charge in [0.05, 0.1) is 5.02 Å². The number of amides is 3. The topological polar surface area (TPSA) is 125 Å². The average molecular weight is 513 g/mol. The van der Waals surface area contributed by atoms with Crippen molar-refractivity contribution in [3.8, 4) is 0 Å². The molecule has 1 aliphatic rings. The molecule has 0 aliphatic heterocycles. The highest BCUT2D eigenvalue weighted by Crippen LogP contribution is 2.35. The third-order valence-corrected chi connectivity index (χ3v) is 6.91. The van der Waals surface area contributed by atoms with E-state index in [4.69, 9.17) is 16.0 Å². The Balaban J connectivity index is 1.59. The SMILES string of the molecule is CC(=O)N(C)[C@H]1CC[C@H](C(=O)Nc2c(C(=O)Nc3ccc(Cl)cn3)oc3ccc(CCO)cc23)CC1. The van der Waals surface area contributed by atoms with E-state index in [1.54, 1.807) is 43.1 Å². The number of pyridine rings is 1. The number of benzene rings is 1. The van der Waals surface area contributed by atoms with E-state index in [2.05, 4.69) is 15.6 Å². The Morgan fingerprint density at radius 3 is 2.53 bits per heavy atom. The van der Waals surface area contributed by atoms with Crippen LogP contribution in [-0.2, 0) is 16.0 Å². The molecule has 3 aromatic rings. The Hall–Kier alpha value is -3.43. The summed E-state index contributed by atoms with van der Waals surface area (Å²) in [5.74, 6) is -0.754. The Morgan fingerprint density at radius 1 is 1.14 bits per heavy atom. The van der Waals surface area contributed by atoms with Gasteiger partial charge in [-0.15, -0.1) is 0 Å². The molecule has 2 aromatic heterocycles. The molecule has 36 heavy (non-hydrogen) atoms. The van der Waals surface area contributed by atoms with Crippen LogP contribution in [0.3, 0.4) is 0 Å². The molecule has 9 nitrogen and oxygen atoms in total. The van der Waals surface area contributed by atoms with Gasteiger partial charge in [-0.25, -0.2) is 4.98 Å². The van der Waals surface area contributed by atoms with Crippen LogP contribution < -0.4 is 10.6 Å². The van der Waals surface area contributed by atoms with Crippen molar-refractivity contribution in [2.24, 2.45) is 5.92 Å². The molecule has 10 heteroatoms. The number of hydrogen-bond acceptors (Lipinski definition) is 6. The fourth-order valence-corrected chi connectivity index (χ4v) is 4.66. The van der Waals surface area contributed by atoms with Crippen LogP contribution in [-0.4, -0.2) is 52.4 Å². The minimum atomic E-state index is -0.563. The zero-order valence-electron chi connectivity index (χ0n) is 20.2. The van der Waals surface area contributed by atoms with Crippen LogP contribution in [0.4, 0.5) is 11.5 Å². The fraction of sp³-hybridized carbons (Fsp3) is 0.385. The molecular weight excluding hydrogens is 484 g/mol. The van der Waals surface area contributed by atoms with Gasteiger partial charge >= 0.3 is 0 Å². The largest absolute Gasteiger partial charge is 0.449 e. The van der Waals surface area contributed by atoms with Gasteiger partial charge < -0.3 is 25.1 Å². The summed E-state index contributed by atoms with van der Waals surface area (Å²) in [6.45, 7) is 1.51. The van der Waals surface area contributed by atoms with Crippen LogP contribution >= 0.6 is 11.6 Å². The first-order valence-corrected chi connectivity index (χ1v) is 12.3. The van der Waals surface area contributed by atoms with Crippen molar-refractivity contribution >= 4 is 51.8 Å². The maximum absolute atomic E-state index is 13.3. The van der Waals surface area contributed by atoms with Crippen LogP contribution in [0.2, 0.25) is 5.02 Å². The predicted molar refractivity (Wildman–Crippen MR) is 137 cm³/mol. The molecule has 190 valence electrons. The first kappa shape index (κ1) is 25.7. The van der Waals surface area contributed by atoms with Crippen molar-refractivity contribution in [3.05, 3.63) is 52.9 Å². The van der Waals surface area contributed by atoms with Gasteiger partial charge in [-0.05, 0) is 61.9 Å². The van der Waals surface area contributed by atoms with Gasteiger partial charge in [-0.2, -0.15) is 0 Å². The van der Waals surface area contributed by atoms with Crippen LogP contribution in [0.15, 0.2) is 40.9 Å². The number of rotatable bonds is 7. The molecule has 0 unspecified atom stereocenters. The summed E-state index contributed by atoms with van der Waals surface area (Å²) < 4.78 is 5.87. The number of aromatic nitrogens is 1. The van der Waals surface area contributed by atoms with Crippen molar-refractivity contribution in [1.29, 1.82) is 0 Å². The van der Waals surface area contributed by atoms with Gasteiger partial charge in [0.25, 0.3) is 5.91 Å². The summed E-state index contributed by atoms with van der Waals surface area (Å²) in [5, 5.41) is 16.0. The fourth-order valence-electron chi connectivity index (χ4n) is 4.54. The van der Waals surface area contributed by atoms with Crippen molar-refractivity contribution in [1.82, 2.24) is 9.88 Å². The number of hydrogen-bond donors (Lipinski definition) is 3. The van der Waals surface area contributed by atoms with Gasteiger partial charge in [-0.3, -0.25) is 14.4 Å². The summed E-state index contributed by atoms with van der Waals surface area (Å²) in [6, 6.07) is 8.62. The van der Waals surface area contributed by atoms with E-state index in [9.17, 15) is 19.5 Å². The number of aliphatic hydroxyl groups excluding tert-OH is 1. The molecular formula is C26H29ClN4O5. The molecule has 3 N–H and O–H groups in total. The highest BCUT2D eigenvalue weighted by Gasteiger charge is 2.31. The second-order valence-electron chi connectivity index (χ2n) is 9.05. The lowest BCUT2D eigenvalue weighted by Crippen LogP contribution is -2.40. The monoisotopic (exact) mass is 512 g/mol. The first-order chi connectivity index (χ1) is 17.3. The number of carbonyl (C=O) groups excluding carboxylic acids is 3. The van der Waals surface area contributed by atoms with Crippen molar-refractivity contribution in [2.45, 2.75) is 45.1 Å². The van der Waals surface area contributed by atoms with E-state index in [1.165, 1.54) is 6.20 Å². The van der Waals surface area contributed by atoms with Gasteiger partial charge in [0, 0.05) is 44.1 Å². The molecule has 1 fully saturated rings. The van der Waals surface area contributed by atoms with Crippen LogP contribution in [0.1, 0.15) is 48.7 Å². The molecule has 2 heterocycles. The Labute approximate surface area is 213 Å².